The number of carbonyl (C=O) groups is 1. The molecule has 0 aliphatic rings. The van der Waals surface area contributed by atoms with Gasteiger partial charge in [-0.25, -0.2) is 4.79 Å². The summed E-state index contributed by atoms with van der Waals surface area (Å²) in [6, 6.07) is 8.28. The average molecular weight is 289 g/mol. The second-order valence-corrected chi connectivity index (χ2v) is 4.09. The predicted molar refractivity (Wildman–Crippen MR) is 75.9 cm³/mol. The van der Waals surface area contributed by atoms with Crippen LogP contribution in [-0.4, -0.2) is 35.3 Å². The molecule has 0 radical (unpaired) electrons. The van der Waals surface area contributed by atoms with Gasteiger partial charge in [-0.15, -0.1) is 0 Å². The molecule has 2 rings (SSSR count). The Morgan fingerprint density at radius 2 is 1.81 bits per heavy atom. The highest BCUT2D eigenvalue weighted by Crippen LogP contribution is 2.18. The Kier molecular flexibility index (Phi) is 4.55. The van der Waals surface area contributed by atoms with Crippen LogP contribution in [-0.2, 0) is 6.54 Å². The van der Waals surface area contributed by atoms with E-state index >= 15 is 0 Å². The number of anilines is 1. The maximum atomic E-state index is 11.1. The Morgan fingerprint density at radius 1 is 1.19 bits per heavy atom. The summed E-state index contributed by atoms with van der Waals surface area (Å²) in [5.74, 6) is 0.0367. The van der Waals surface area contributed by atoms with Gasteiger partial charge >= 0.3 is 5.97 Å². The first-order chi connectivity index (χ1) is 10.1. The zero-order valence-corrected chi connectivity index (χ0v) is 11.7. The smallest absolute Gasteiger partial charge is 0.336 e. The molecule has 0 amide bonds. The van der Waals surface area contributed by atoms with Crippen molar-refractivity contribution < 1.29 is 19.4 Å². The molecular weight excluding hydrogens is 274 g/mol. The molecule has 0 aliphatic heterocycles. The summed E-state index contributed by atoms with van der Waals surface area (Å²) in [4.78, 5) is 19.4. The van der Waals surface area contributed by atoms with E-state index in [1.54, 1.807) is 30.3 Å². The number of ether oxygens (including phenoxy) is 2. The van der Waals surface area contributed by atoms with Crippen molar-refractivity contribution in [1.29, 1.82) is 0 Å². The number of carboxylic acid groups (broad SMARTS) is 1. The summed E-state index contributed by atoms with van der Waals surface area (Å²) in [7, 11) is 2.98. The number of hydrogen-bond donors (Lipinski definition) is 2. The molecule has 0 atom stereocenters. The molecule has 0 saturated carbocycles. The van der Waals surface area contributed by atoms with E-state index in [1.807, 2.05) is 0 Å². The number of aromatic nitrogens is 2. The minimum atomic E-state index is -0.975. The first kappa shape index (κ1) is 14.6. The normalized spacial score (nSPS) is 10.0. The van der Waals surface area contributed by atoms with Crippen LogP contribution in [0.1, 0.15) is 15.9 Å². The van der Waals surface area contributed by atoms with Crippen LogP contribution in [0.2, 0.25) is 0 Å². The van der Waals surface area contributed by atoms with Gasteiger partial charge < -0.3 is 19.9 Å². The summed E-state index contributed by atoms with van der Waals surface area (Å²) in [6.45, 7) is 0.277. The van der Waals surface area contributed by atoms with Gasteiger partial charge in [-0.3, -0.25) is 0 Å². The lowest BCUT2D eigenvalue weighted by Gasteiger charge is -2.10. The van der Waals surface area contributed by atoms with E-state index in [2.05, 4.69) is 15.3 Å². The molecule has 0 spiro atoms. The van der Waals surface area contributed by atoms with Gasteiger partial charge in [-0.05, 0) is 11.6 Å². The molecule has 0 saturated heterocycles. The highest BCUT2D eigenvalue weighted by atomic mass is 16.5. The highest BCUT2D eigenvalue weighted by molar-refractivity contribution is 5.89. The average Bonchev–Trinajstić information content (AvgIpc) is 2.52. The van der Waals surface area contributed by atoms with Crippen molar-refractivity contribution in [1.82, 2.24) is 9.97 Å². The Morgan fingerprint density at radius 3 is 2.38 bits per heavy atom. The first-order valence-corrected chi connectivity index (χ1v) is 6.16. The van der Waals surface area contributed by atoms with E-state index in [1.165, 1.54) is 14.2 Å². The lowest BCUT2D eigenvalue weighted by Crippen LogP contribution is -2.09. The van der Waals surface area contributed by atoms with Crippen LogP contribution < -0.4 is 14.8 Å². The van der Waals surface area contributed by atoms with Crippen LogP contribution in [0, 0.1) is 0 Å². The fraction of sp³-hybridized carbons (Fsp3) is 0.214. The van der Waals surface area contributed by atoms with E-state index < -0.39 is 5.97 Å². The predicted octanol–water partition coefficient (Wildman–Crippen LogP) is 1.80. The number of methoxy groups -OCH3 is 2. The summed E-state index contributed by atoms with van der Waals surface area (Å²) in [6.07, 6.45) is 0. The van der Waals surface area contributed by atoms with E-state index in [0.29, 0.717) is 23.3 Å². The Labute approximate surface area is 121 Å². The van der Waals surface area contributed by atoms with Crippen molar-refractivity contribution in [3.8, 4) is 11.8 Å². The molecule has 1 aromatic heterocycles. The standard InChI is InChI=1S/C14H15N3O4/c1-20-11-7-12(21-2)17-14(16-11)15-8-9-5-3-4-6-10(9)13(18)19/h3-7H,8H2,1-2H3,(H,18,19)(H,15,16,17). The topological polar surface area (TPSA) is 93.6 Å². The van der Waals surface area contributed by atoms with Crippen molar-refractivity contribution in [3.63, 3.8) is 0 Å². The zero-order chi connectivity index (χ0) is 15.2. The Hall–Kier alpha value is -2.83. The zero-order valence-electron chi connectivity index (χ0n) is 11.7. The molecular formula is C14H15N3O4. The van der Waals surface area contributed by atoms with Crippen molar-refractivity contribution in [2.75, 3.05) is 19.5 Å². The van der Waals surface area contributed by atoms with Crippen molar-refractivity contribution in [2.24, 2.45) is 0 Å². The van der Waals surface area contributed by atoms with Crippen LogP contribution >= 0.6 is 0 Å². The largest absolute Gasteiger partial charge is 0.481 e. The number of rotatable bonds is 6. The SMILES string of the molecule is COc1cc(OC)nc(NCc2ccccc2C(=O)O)n1. The summed E-state index contributed by atoms with van der Waals surface area (Å²) >= 11 is 0. The third kappa shape index (κ3) is 3.59. The maximum absolute atomic E-state index is 11.1. The molecule has 0 bridgehead atoms. The van der Waals surface area contributed by atoms with Crippen LogP contribution in [0.25, 0.3) is 0 Å². The Balaban J connectivity index is 2.18. The van der Waals surface area contributed by atoms with Crippen molar-refractivity contribution >= 4 is 11.9 Å². The number of benzene rings is 1. The summed E-state index contributed by atoms with van der Waals surface area (Å²) in [5, 5.41) is 12.1. The molecule has 7 heteroatoms. The lowest BCUT2D eigenvalue weighted by molar-refractivity contribution is 0.0696. The summed E-state index contributed by atoms with van der Waals surface area (Å²) < 4.78 is 10.1. The molecule has 7 nitrogen and oxygen atoms in total. The van der Waals surface area contributed by atoms with E-state index in [9.17, 15) is 4.79 Å². The van der Waals surface area contributed by atoms with E-state index in [-0.39, 0.29) is 12.1 Å². The van der Waals surface area contributed by atoms with Gasteiger partial charge in [-0.2, -0.15) is 9.97 Å². The highest BCUT2D eigenvalue weighted by Gasteiger charge is 2.10. The second-order valence-electron chi connectivity index (χ2n) is 4.09. The molecule has 21 heavy (non-hydrogen) atoms. The lowest BCUT2D eigenvalue weighted by atomic mass is 10.1. The fourth-order valence-electron chi connectivity index (χ4n) is 1.75. The van der Waals surface area contributed by atoms with Gasteiger partial charge in [0, 0.05) is 6.54 Å². The minimum absolute atomic E-state index is 0.236. The second kappa shape index (κ2) is 6.56. The molecule has 1 aromatic carbocycles. The summed E-state index contributed by atoms with van der Waals surface area (Å²) in [5.41, 5.74) is 0.871. The molecule has 0 unspecified atom stereocenters. The van der Waals surface area contributed by atoms with Gasteiger partial charge in [-0.1, -0.05) is 18.2 Å². The number of nitrogens with one attached hydrogen (secondary N) is 1. The molecule has 2 N–H and O–H groups in total. The third-order valence-electron chi connectivity index (χ3n) is 2.78. The van der Waals surface area contributed by atoms with Crippen LogP contribution in [0.3, 0.4) is 0 Å². The molecule has 1 heterocycles. The van der Waals surface area contributed by atoms with Crippen LogP contribution in [0.4, 0.5) is 5.95 Å². The number of aromatic carboxylic acids is 1. The molecule has 110 valence electrons. The van der Waals surface area contributed by atoms with Crippen molar-refractivity contribution in [3.05, 3.63) is 41.5 Å². The number of nitrogens with zero attached hydrogens (tertiary/aromatic N) is 2. The van der Waals surface area contributed by atoms with E-state index in [4.69, 9.17) is 14.6 Å². The molecule has 0 aliphatic carbocycles. The van der Waals surface area contributed by atoms with Crippen LogP contribution in [0.5, 0.6) is 11.8 Å². The molecule has 2 aromatic rings. The number of hydrogen-bond acceptors (Lipinski definition) is 6. The van der Waals surface area contributed by atoms with Gasteiger partial charge in [0.05, 0.1) is 25.8 Å². The van der Waals surface area contributed by atoms with E-state index in [0.717, 1.165) is 0 Å². The Bertz CT molecular complexity index is 624. The minimum Gasteiger partial charge on any atom is -0.481 e. The third-order valence-corrected chi connectivity index (χ3v) is 2.78. The maximum Gasteiger partial charge on any atom is 0.336 e. The van der Waals surface area contributed by atoms with Crippen molar-refractivity contribution in [2.45, 2.75) is 6.54 Å². The van der Waals surface area contributed by atoms with Gasteiger partial charge in [0.25, 0.3) is 0 Å². The monoisotopic (exact) mass is 289 g/mol. The molecule has 0 fully saturated rings. The van der Waals surface area contributed by atoms with Gasteiger partial charge in [0.1, 0.15) is 0 Å². The first-order valence-electron chi connectivity index (χ1n) is 6.16. The van der Waals surface area contributed by atoms with Gasteiger partial charge in [0.15, 0.2) is 0 Å². The van der Waals surface area contributed by atoms with Crippen LogP contribution in [0.15, 0.2) is 30.3 Å². The fourth-order valence-corrected chi connectivity index (χ4v) is 1.75. The van der Waals surface area contributed by atoms with Gasteiger partial charge in [0.2, 0.25) is 17.7 Å². The number of carboxylic acids is 1. The quantitative estimate of drug-likeness (QED) is 0.837.